The van der Waals surface area contributed by atoms with Crippen molar-refractivity contribution in [2.24, 2.45) is 11.3 Å². The van der Waals surface area contributed by atoms with Crippen molar-refractivity contribution in [2.45, 2.75) is 19.3 Å². The van der Waals surface area contributed by atoms with E-state index < -0.39 is 0 Å². The fourth-order valence-corrected chi connectivity index (χ4v) is 2.77. The molecule has 1 N–H and O–H groups in total. The molecule has 1 aliphatic heterocycles. The average molecular weight is 168 g/mol. The molecular weight excluding hydrogens is 148 g/mol. The van der Waals surface area contributed by atoms with Gasteiger partial charge in [0.25, 0.3) is 0 Å². The summed E-state index contributed by atoms with van der Waals surface area (Å²) in [6.07, 6.45) is 4.35. The van der Waals surface area contributed by atoms with E-state index in [-0.39, 0.29) is 0 Å². The maximum Gasteiger partial charge on any atom is 0.00382 e. The van der Waals surface area contributed by atoms with Crippen LogP contribution in [0.15, 0.2) is 0 Å². The Morgan fingerprint density at radius 1 is 1.58 bits per heavy atom. The van der Waals surface area contributed by atoms with Crippen molar-refractivity contribution in [1.82, 2.24) is 10.2 Å². The van der Waals surface area contributed by atoms with E-state index in [2.05, 4.69) is 24.3 Å². The van der Waals surface area contributed by atoms with E-state index in [4.69, 9.17) is 0 Å². The molecule has 1 aliphatic carbocycles. The molecule has 1 saturated heterocycles. The van der Waals surface area contributed by atoms with Gasteiger partial charge in [-0.15, -0.1) is 0 Å². The highest BCUT2D eigenvalue weighted by Gasteiger charge is 2.55. The maximum absolute atomic E-state index is 3.24. The Labute approximate surface area is 75.3 Å². The zero-order valence-corrected chi connectivity index (χ0v) is 8.27. The Kier molecular flexibility index (Phi) is 2.13. The van der Waals surface area contributed by atoms with E-state index in [9.17, 15) is 0 Å². The molecule has 0 aromatic rings. The normalized spacial score (nSPS) is 41.0. The minimum absolute atomic E-state index is 0.769. The van der Waals surface area contributed by atoms with Gasteiger partial charge in [-0.05, 0) is 57.8 Å². The van der Waals surface area contributed by atoms with E-state index >= 15 is 0 Å². The molecular formula is C10H20N2. The fraction of sp³-hybridized carbons (Fsp3) is 1.00. The second-order valence-corrected chi connectivity index (χ2v) is 4.64. The van der Waals surface area contributed by atoms with E-state index in [1.807, 2.05) is 0 Å². The van der Waals surface area contributed by atoms with Crippen molar-refractivity contribution in [3.8, 4) is 0 Å². The molecule has 0 bridgehead atoms. The summed E-state index contributed by atoms with van der Waals surface area (Å²) in [7, 11) is 4.30. The van der Waals surface area contributed by atoms with Gasteiger partial charge in [0.15, 0.2) is 0 Å². The van der Waals surface area contributed by atoms with Gasteiger partial charge < -0.3 is 10.2 Å². The molecule has 2 heteroatoms. The Balaban J connectivity index is 1.78. The predicted octanol–water partition coefficient (Wildman–Crippen LogP) is 0.938. The highest BCUT2D eigenvalue weighted by Crippen LogP contribution is 2.59. The van der Waals surface area contributed by atoms with Crippen molar-refractivity contribution in [3.05, 3.63) is 0 Å². The molecule has 2 nitrogen and oxygen atoms in total. The second-order valence-electron chi connectivity index (χ2n) is 4.64. The van der Waals surface area contributed by atoms with Gasteiger partial charge in [-0.3, -0.25) is 0 Å². The van der Waals surface area contributed by atoms with E-state index in [1.165, 1.54) is 38.9 Å². The first-order chi connectivity index (χ1) is 5.77. The van der Waals surface area contributed by atoms with Crippen LogP contribution in [0.5, 0.6) is 0 Å². The third-order valence-corrected chi connectivity index (χ3v) is 3.68. The van der Waals surface area contributed by atoms with Crippen molar-refractivity contribution in [2.75, 3.05) is 33.7 Å². The SMILES string of the molecule is CNCCC1CC12CCN(C)C2. The van der Waals surface area contributed by atoms with Gasteiger partial charge >= 0.3 is 0 Å². The van der Waals surface area contributed by atoms with Crippen molar-refractivity contribution < 1.29 is 0 Å². The van der Waals surface area contributed by atoms with E-state index in [0.717, 1.165) is 11.3 Å². The molecule has 70 valence electrons. The van der Waals surface area contributed by atoms with Crippen molar-refractivity contribution in [3.63, 3.8) is 0 Å². The van der Waals surface area contributed by atoms with Gasteiger partial charge in [-0.25, -0.2) is 0 Å². The molecule has 0 aromatic carbocycles. The number of hydrogen-bond acceptors (Lipinski definition) is 2. The summed E-state index contributed by atoms with van der Waals surface area (Å²) in [6.45, 7) is 3.90. The van der Waals surface area contributed by atoms with Gasteiger partial charge in [-0.2, -0.15) is 0 Å². The van der Waals surface area contributed by atoms with Crippen LogP contribution in [0.3, 0.4) is 0 Å². The molecule has 0 radical (unpaired) electrons. The number of nitrogens with one attached hydrogen (secondary N) is 1. The van der Waals surface area contributed by atoms with Gasteiger partial charge in [-0.1, -0.05) is 0 Å². The number of nitrogens with zero attached hydrogens (tertiary/aromatic N) is 1. The molecule has 2 aliphatic rings. The van der Waals surface area contributed by atoms with Gasteiger partial charge in [0.1, 0.15) is 0 Å². The minimum Gasteiger partial charge on any atom is -0.320 e. The highest BCUT2D eigenvalue weighted by atomic mass is 15.1. The van der Waals surface area contributed by atoms with Crippen LogP contribution in [-0.2, 0) is 0 Å². The average Bonchev–Trinajstić information content (AvgIpc) is 2.57. The molecule has 2 atom stereocenters. The molecule has 0 aromatic heterocycles. The lowest BCUT2D eigenvalue weighted by molar-refractivity contribution is 0.372. The Morgan fingerprint density at radius 3 is 3.00 bits per heavy atom. The summed E-state index contributed by atoms with van der Waals surface area (Å²) in [5, 5.41) is 3.24. The summed E-state index contributed by atoms with van der Waals surface area (Å²) >= 11 is 0. The van der Waals surface area contributed by atoms with Crippen LogP contribution in [0.2, 0.25) is 0 Å². The molecule has 0 amide bonds. The Hall–Kier alpha value is -0.0800. The minimum atomic E-state index is 0.769. The van der Waals surface area contributed by atoms with Crippen LogP contribution in [0.25, 0.3) is 0 Å². The lowest BCUT2D eigenvalue weighted by Gasteiger charge is -2.09. The predicted molar refractivity (Wildman–Crippen MR) is 51.2 cm³/mol. The lowest BCUT2D eigenvalue weighted by Crippen LogP contribution is -2.16. The molecule has 2 unspecified atom stereocenters. The summed E-state index contributed by atoms with van der Waals surface area (Å²) in [5.41, 5.74) is 0.769. The van der Waals surface area contributed by atoms with E-state index in [0.29, 0.717) is 0 Å². The van der Waals surface area contributed by atoms with Crippen molar-refractivity contribution in [1.29, 1.82) is 0 Å². The first-order valence-corrected chi connectivity index (χ1v) is 5.10. The summed E-state index contributed by atoms with van der Waals surface area (Å²) in [4.78, 5) is 2.49. The third kappa shape index (κ3) is 1.38. The summed E-state index contributed by atoms with van der Waals surface area (Å²) < 4.78 is 0. The van der Waals surface area contributed by atoms with Crippen LogP contribution in [0.4, 0.5) is 0 Å². The van der Waals surface area contributed by atoms with Crippen LogP contribution in [0, 0.1) is 11.3 Å². The quantitative estimate of drug-likeness (QED) is 0.674. The van der Waals surface area contributed by atoms with Crippen LogP contribution in [-0.4, -0.2) is 38.6 Å². The molecule has 2 fully saturated rings. The summed E-state index contributed by atoms with van der Waals surface area (Å²) in [6, 6.07) is 0. The fourth-order valence-electron chi connectivity index (χ4n) is 2.77. The monoisotopic (exact) mass is 168 g/mol. The highest BCUT2D eigenvalue weighted by molar-refractivity contribution is 5.06. The second kappa shape index (κ2) is 3.00. The number of rotatable bonds is 3. The van der Waals surface area contributed by atoms with Crippen LogP contribution in [0.1, 0.15) is 19.3 Å². The molecule has 1 heterocycles. The largest absolute Gasteiger partial charge is 0.320 e. The first-order valence-electron chi connectivity index (χ1n) is 5.10. The van der Waals surface area contributed by atoms with Gasteiger partial charge in [0.05, 0.1) is 0 Å². The topological polar surface area (TPSA) is 15.3 Å². The Bertz CT molecular complexity index is 167. The zero-order valence-electron chi connectivity index (χ0n) is 8.27. The molecule has 2 rings (SSSR count). The number of hydrogen-bond donors (Lipinski definition) is 1. The van der Waals surface area contributed by atoms with Gasteiger partial charge in [0, 0.05) is 6.54 Å². The van der Waals surface area contributed by atoms with Gasteiger partial charge in [0.2, 0.25) is 0 Å². The standard InChI is InChI=1S/C10H20N2/c1-11-5-3-9-7-10(9)4-6-12(2)8-10/h9,11H,3-8H2,1-2H3. The number of likely N-dealkylation sites (tertiary alicyclic amines) is 1. The van der Waals surface area contributed by atoms with E-state index in [1.54, 1.807) is 0 Å². The Morgan fingerprint density at radius 2 is 2.42 bits per heavy atom. The lowest BCUT2D eigenvalue weighted by atomic mass is 10.0. The summed E-state index contributed by atoms with van der Waals surface area (Å²) in [5.74, 6) is 1.04. The maximum atomic E-state index is 3.24. The molecule has 1 spiro atoms. The zero-order chi connectivity index (χ0) is 8.60. The smallest absolute Gasteiger partial charge is 0.00382 e. The molecule has 12 heavy (non-hydrogen) atoms. The van der Waals surface area contributed by atoms with Crippen LogP contribution < -0.4 is 5.32 Å². The molecule has 1 saturated carbocycles. The van der Waals surface area contributed by atoms with Crippen molar-refractivity contribution >= 4 is 0 Å². The van der Waals surface area contributed by atoms with Crippen LogP contribution >= 0.6 is 0 Å². The third-order valence-electron chi connectivity index (χ3n) is 3.68. The first kappa shape index (κ1) is 8.52.